The molecule has 2 heterocycles. The van der Waals surface area contributed by atoms with Crippen molar-refractivity contribution in [3.05, 3.63) is 27.4 Å². The molecule has 96 valence electrons. The second-order valence-corrected chi connectivity index (χ2v) is 5.29. The van der Waals surface area contributed by atoms with Crippen LogP contribution in [0.1, 0.15) is 24.7 Å². The summed E-state index contributed by atoms with van der Waals surface area (Å²) in [4.78, 5) is 9.11. The van der Waals surface area contributed by atoms with Crippen LogP contribution in [0.15, 0.2) is 12.4 Å². The highest BCUT2D eigenvalue weighted by Crippen LogP contribution is 2.19. The quantitative estimate of drug-likeness (QED) is 0.855. The van der Waals surface area contributed by atoms with Crippen molar-refractivity contribution in [3.8, 4) is 5.82 Å². The normalized spacial score (nSPS) is 10.7. The summed E-state index contributed by atoms with van der Waals surface area (Å²) in [6, 6.07) is 0. The Kier molecular flexibility index (Phi) is 4.15. The van der Waals surface area contributed by atoms with Crippen LogP contribution in [-0.4, -0.2) is 26.8 Å². The average Bonchev–Trinajstić information content (AvgIpc) is 2.78. The molecule has 0 aliphatic carbocycles. The first-order chi connectivity index (χ1) is 8.65. The topological polar surface area (TPSA) is 55.6 Å². The summed E-state index contributed by atoms with van der Waals surface area (Å²) in [5.74, 6) is 2.57. The number of aromatic nitrogens is 4. The van der Waals surface area contributed by atoms with Gasteiger partial charge in [0, 0.05) is 25.2 Å². The summed E-state index contributed by atoms with van der Waals surface area (Å²) in [5, 5.41) is 7.43. The van der Waals surface area contributed by atoms with Gasteiger partial charge in [0.25, 0.3) is 0 Å². The van der Waals surface area contributed by atoms with Crippen LogP contribution in [-0.2, 0) is 6.42 Å². The minimum Gasteiger partial charge on any atom is -0.373 e. The monoisotopic (exact) mass is 357 g/mol. The average molecular weight is 357 g/mol. The van der Waals surface area contributed by atoms with Crippen LogP contribution in [0.3, 0.4) is 0 Å². The van der Waals surface area contributed by atoms with E-state index in [2.05, 4.69) is 49.9 Å². The first-order valence-corrected chi connectivity index (χ1v) is 6.99. The number of rotatable bonds is 4. The summed E-state index contributed by atoms with van der Waals surface area (Å²) < 4.78 is 2.90. The summed E-state index contributed by atoms with van der Waals surface area (Å²) in [6.07, 6.45) is 5.69. The Morgan fingerprint density at radius 2 is 2.17 bits per heavy atom. The third kappa shape index (κ3) is 2.63. The molecule has 2 rings (SSSR count). The lowest BCUT2D eigenvalue weighted by Crippen LogP contribution is -2.09. The number of nitrogens with zero attached hydrogens (tertiary/aromatic N) is 4. The minimum absolute atomic E-state index is 0.848. The molecule has 0 amide bonds. The molecule has 0 unspecified atom stereocenters. The van der Waals surface area contributed by atoms with Crippen LogP contribution < -0.4 is 5.32 Å². The molecule has 1 N–H and O–H groups in total. The van der Waals surface area contributed by atoms with Gasteiger partial charge in [0.1, 0.15) is 11.6 Å². The van der Waals surface area contributed by atoms with E-state index in [0.717, 1.165) is 39.4 Å². The third-order valence-corrected chi connectivity index (χ3v) is 3.20. The summed E-state index contributed by atoms with van der Waals surface area (Å²) in [5.41, 5.74) is 1.01. The van der Waals surface area contributed by atoms with Gasteiger partial charge in [-0.25, -0.2) is 14.6 Å². The zero-order valence-electron chi connectivity index (χ0n) is 10.7. The van der Waals surface area contributed by atoms with Crippen molar-refractivity contribution in [1.29, 1.82) is 0 Å². The Morgan fingerprint density at radius 1 is 1.39 bits per heavy atom. The van der Waals surface area contributed by atoms with E-state index in [1.807, 2.05) is 26.4 Å². The molecule has 0 aromatic carbocycles. The molecule has 0 aliphatic heterocycles. The largest absolute Gasteiger partial charge is 0.373 e. The first-order valence-electron chi connectivity index (χ1n) is 5.91. The molecule has 0 atom stereocenters. The highest BCUT2D eigenvalue weighted by atomic mass is 127. The molecule has 0 bridgehead atoms. The maximum atomic E-state index is 4.60. The van der Waals surface area contributed by atoms with E-state index < -0.39 is 0 Å². The fourth-order valence-electron chi connectivity index (χ4n) is 1.77. The Bertz CT molecular complexity index is 549. The maximum absolute atomic E-state index is 4.60. The van der Waals surface area contributed by atoms with Gasteiger partial charge in [-0.1, -0.05) is 6.92 Å². The number of anilines is 1. The molecule has 0 fully saturated rings. The van der Waals surface area contributed by atoms with Crippen LogP contribution in [0.2, 0.25) is 0 Å². The molecule has 0 saturated carbocycles. The molecule has 0 aliphatic rings. The second kappa shape index (κ2) is 5.64. The lowest BCUT2D eigenvalue weighted by atomic mass is 10.2. The summed E-state index contributed by atoms with van der Waals surface area (Å²) in [7, 11) is 1.88. The van der Waals surface area contributed by atoms with Crippen LogP contribution in [0.4, 0.5) is 5.82 Å². The Hall–Kier alpha value is -1.18. The maximum Gasteiger partial charge on any atom is 0.162 e. The smallest absolute Gasteiger partial charge is 0.162 e. The van der Waals surface area contributed by atoms with Gasteiger partial charge in [-0.15, -0.1) is 0 Å². The van der Waals surface area contributed by atoms with Crippen LogP contribution in [0, 0.1) is 10.5 Å². The predicted octanol–water partition coefficient (Wildman–Crippen LogP) is 2.57. The van der Waals surface area contributed by atoms with Crippen molar-refractivity contribution >= 4 is 28.4 Å². The van der Waals surface area contributed by atoms with Gasteiger partial charge in [-0.3, -0.25) is 0 Å². The third-order valence-electron chi connectivity index (χ3n) is 2.64. The molecule has 18 heavy (non-hydrogen) atoms. The highest BCUT2D eigenvalue weighted by molar-refractivity contribution is 14.1. The Balaban J connectivity index is 2.54. The summed E-state index contributed by atoms with van der Waals surface area (Å²) in [6.45, 7) is 4.13. The van der Waals surface area contributed by atoms with Gasteiger partial charge in [0.2, 0.25) is 0 Å². The van der Waals surface area contributed by atoms with Crippen LogP contribution in [0.25, 0.3) is 5.82 Å². The SMILES string of the molecule is CCCc1nc(NC)c(C)c(-n2cc(I)cn2)n1. The number of aryl methyl sites for hydroxylation is 1. The molecule has 6 heteroatoms. The molecular weight excluding hydrogens is 341 g/mol. The standard InChI is InChI=1S/C12H16IN5/c1-4-5-10-16-11(14-3)8(2)12(17-10)18-7-9(13)6-15-18/h6-7H,4-5H2,1-3H3,(H,14,16,17). The molecule has 0 saturated heterocycles. The first kappa shape index (κ1) is 13.3. The van der Waals surface area contributed by atoms with Gasteiger partial charge in [0.15, 0.2) is 5.82 Å². The highest BCUT2D eigenvalue weighted by Gasteiger charge is 2.12. The number of hydrogen-bond donors (Lipinski definition) is 1. The van der Waals surface area contributed by atoms with Crippen LogP contribution in [0.5, 0.6) is 0 Å². The van der Waals surface area contributed by atoms with E-state index in [0.29, 0.717) is 0 Å². The van der Waals surface area contributed by atoms with Gasteiger partial charge in [-0.2, -0.15) is 5.10 Å². The number of hydrogen-bond acceptors (Lipinski definition) is 4. The molecule has 5 nitrogen and oxygen atoms in total. The van der Waals surface area contributed by atoms with E-state index in [4.69, 9.17) is 0 Å². The zero-order valence-corrected chi connectivity index (χ0v) is 12.9. The van der Waals surface area contributed by atoms with Gasteiger partial charge >= 0.3 is 0 Å². The fraction of sp³-hybridized carbons (Fsp3) is 0.417. The van der Waals surface area contributed by atoms with Crippen molar-refractivity contribution in [2.75, 3.05) is 12.4 Å². The lowest BCUT2D eigenvalue weighted by molar-refractivity contribution is 0.778. The van der Waals surface area contributed by atoms with Gasteiger partial charge in [-0.05, 0) is 35.9 Å². The predicted molar refractivity (Wildman–Crippen MR) is 80.1 cm³/mol. The molecule has 2 aromatic rings. The molecule has 0 radical (unpaired) electrons. The van der Waals surface area contributed by atoms with Crippen molar-refractivity contribution in [2.45, 2.75) is 26.7 Å². The number of halogens is 1. The summed E-state index contributed by atoms with van der Waals surface area (Å²) >= 11 is 2.24. The lowest BCUT2D eigenvalue weighted by Gasteiger charge is -2.11. The Morgan fingerprint density at radius 3 is 2.72 bits per heavy atom. The van der Waals surface area contributed by atoms with Gasteiger partial charge < -0.3 is 5.32 Å². The van der Waals surface area contributed by atoms with Crippen molar-refractivity contribution in [2.24, 2.45) is 0 Å². The van der Waals surface area contributed by atoms with Crippen molar-refractivity contribution < 1.29 is 0 Å². The van der Waals surface area contributed by atoms with Crippen molar-refractivity contribution in [1.82, 2.24) is 19.7 Å². The Labute approximate surface area is 120 Å². The molecular formula is C12H16IN5. The number of nitrogens with one attached hydrogen (secondary N) is 1. The van der Waals surface area contributed by atoms with E-state index >= 15 is 0 Å². The molecule has 0 spiro atoms. The second-order valence-electron chi connectivity index (χ2n) is 4.04. The van der Waals surface area contributed by atoms with E-state index in [-0.39, 0.29) is 0 Å². The van der Waals surface area contributed by atoms with E-state index in [1.54, 1.807) is 4.68 Å². The minimum atomic E-state index is 0.848. The zero-order chi connectivity index (χ0) is 13.1. The van der Waals surface area contributed by atoms with E-state index in [1.165, 1.54) is 0 Å². The van der Waals surface area contributed by atoms with Gasteiger partial charge in [0.05, 0.1) is 9.77 Å². The fourth-order valence-corrected chi connectivity index (χ4v) is 2.16. The van der Waals surface area contributed by atoms with Crippen LogP contribution >= 0.6 is 22.6 Å². The van der Waals surface area contributed by atoms with Crippen molar-refractivity contribution in [3.63, 3.8) is 0 Å². The van der Waals surface area contributed by atoms with E-state index in [9.17, 15) is 0 Å². The molecule has 2 aromatic heterocycles.